The number of nitrogens with two attached hydrogens (primary N) is 1. The van der Waals surface area contributed by atoms with E-state index in [0.717, 1.165) is 10.7 Å². The molecule has 1 unspecified atom stereocenters. The zero-order valence-electron chi connectivity index (χ0n) is 9.36. The molecule has 0 aliphatic carbocycles. The fourth-order valence-electron chi connectivity index (χ4n) is 1.24. The summed E-state index contributed by atoms with van der Waals surface area (Å²) in [5.41, 5.74) is 6.51. The summed E-state index contributed by atoms with van der Waals surface area (Å²) in [7, 11) is 1.78. The first-order chi connectivity index (χ1) is 6.99. The standard InChI is InChI=1S/C10H17N3OS/c1-7(11)4-10(14)13(3)5-9-6-15-8(2)12-9/h6-7H,4-5,11H2,1-3H3. The minimum absolute atomic E-state index is 0.0654. The van der Waals surface area contributed by atoms with Gasteiger partial charge < -0.3 is 10.6 Å². The highest BCUT2D eigenvalue weighted by Gasteiger charge is 2.12. The van der Waals surface area contributed by atoms with E-state index in [0.29, 0.717) is 13.0 Å². The van der Waals surface area contributed by atoms with E-state index in [-0.39, 0.29) is 11.9 Å². The average Bonchev–Trinajstić information content (AvgIpc) is 2.50. The third kappa shape index (κ3) is 3.97. The van der Waals surface area contributed by atoms with Gasteiger partial charge in [-0.25, -0.2) is 4.98 Å². The SMILES string of the molecule is Cc1nc(CN(C)C(=O)CC(C)N)cs1. The smallest absolute Gasteiger partial charge is 0.224 e. The van der Waals surface area contributed by atoms with Crippen molar-refractivity contribution in [1.29, 1.82) is 0 Å². The predicted molar refractivity (Wildman–Crippen MR) is 61.6 cm³/mol. The number of aromatic nitrogens is 1. The normalized spacial score (nSPS) is 12.5. The van der Waals surface area contributed by atoms with Gasteiger partial charge in [0, 0.05) is 24.9 Å². The molecule has 1 amide bonds. The molecule has 0 saturated carbocycles. The Morgan fingerprint density at radius 1 is 1.73 bits per heavy atom. The second-order valence-corrected chi connectivity index (χ2v) is 4.85. The highest BCUT2D eigenvalue weighted by molar-refractivity contribution is 7.09. The Kier molecular flexibility index (Phi) is 4.23. The molecule has 1 heterocycles. The Morgan fingerprint density at radius 3 is 2.87 bits per heavy atom. The maximum atomic E-state index is 11.6. The lowest BCUT2D eigenvalue weighted by Crippen LogP contribution is -2.31. The predicted octanol–water partition coefficient (Wildman–Crippen LogP) is 1.15. The molecule has 0 spiro atoms. The first kappa shape index (κ1) is 12.1. The number of amides is 1. The van der Waals surface area contributed by atoms with Crippen LogP contribution in [0.1, 0.15) is 24.0 Å². The lowest BCUT2D eigenvalue weighted by molar-refractivity contribution is -0.130. The second kappa shape index (κ2) is 5.23. The fraction of sp³-hybridized carbons (Fsp3) is 0.600. The van der Waals surface area contributed by atoms with E-state index in [1.807, 2.05) is 19.2 Å². The van der Waals surface area contributed by atoms with Crippen LogP contribution in [-0.4, -0.2) is 28.9 Å². The van der Waals surface area contributed by atoms with Crippen LogP contribution in [0.3, 0.4) is 0 Å². The quantitative estimate of drug-likeness (QED) is 0.839. The zero-order valence-corrected chi connectivity index (χ0v) is 10.2. The topological polar surface area (TPSA) is 59.2 Å². The third-order valence-electron chi connectivity index (χ3n) is 1.99. The number of hydrogen-bond acceptors (Lipinski definition) is 4. The van der Waals surface area contributed by atoms with Crippen molar-refractivity contribution < 1.29 is 4.79 Å². The first-order valence-electron chi connectivity index (χ1n) is 4.89. The van der Waals surface area contributed by atoms with E-state index in [2.05, 4.69) is 4.98 Å². The van der Waals surface area contributed by atoms with Crippen LogP contribution in [0.25, 0.3) is 0 Å². The highest BCUT2D eigenvalue weighted by Crippen LogP contribution is 2.10. The van der Waals surface area contributed by atoms with Gasteiger partial charge in [-0.2, -0.15) is 0 Å². The van der Waals surface area contributed by atoms with Crippen molar-refractivity contribution in [3.8, 4) is 0 Å². The van der Waals surface area contributed by atoms with Crippen molar-refractivity contribution in [2.75, 3.05) is 7.05 Å². The molecule has 4 nitrogen and oxygen atoms in total. The lowest BCUT2D eigenvalue weighted by Gasteiger charge is -2.16. The molecule has 1 aromatic rings. The molecule has 2 N–H and O–H groups in total. The summed E-state index contributed by atoms with van der Waals surface area (Å²) in [6.45, 7) is 4.35. The number of aryl methyl sites for hydroxylation is 1. The number of nitrogens with zero attached hydrogens (tertiary/aromatic N) is 2. The molecule has 1 atom stereocenters. The summed E-state index contributed by atoms with van der Waals surface area (Å²) in [6, 6.07) is -0.0860. The number of carbonyl (C=O) groups excluding carboxylic acids is 1. The van der Waals surface area contributed by atoms with Crippen LogP contribution < -0.4 is 5.73 Å². The van der Waals surface area contributed by atoms with Gasteiger partial charge in [-0.1, -0.05) is 0 Å². The van der Waals surface area contributed by atoms with E-state index in [1.165, 1.54) is 0 Å². The molecule has 0 bridgehead atoms. The first-order valence-corrected chi connectivity index (χ1v) is 5.77. The van der Waals surface area contributed by atoms with Crippen LogP contribution in [-0.2, 0) is 11.3 Å². The van der Waals surface area contributed by atoms with Gasteiger partial charge in [0.1, 0.15) is 0 Å². The van der Waals surface area contributed by atoms with Gasteiger partial charge in [0.2, 0.25) is 5.91 Å². The van der Waals surface area contributed by atoms with E-state index in [4.69, 9.17) is 5.73 Å². The Balaban J connectivity index is 2.48. The molecule has 1 aromatic heterocycles. The molecule has 0 radical (unpaired) electrons. The monoisotopic (exact) mass is 227 g/mol. The Morgan fingerprint density at radius 2 is 2.40 bits per heavy atom. The summed E-state index contributed by atoms with van der Waals surface area (Å²) in [6.07, 6.45) is 0.389. The minimum Gasteiger partial charge on any atom is -0.340 e. The Bertz CT molecular complexity index is 335. The fourth-order valence-corrected chi connectivity index (χ4v) is 1.85. The second-order valence-electron chi connectivity index (χ2n) is 3.79. The average molecular weight is 227 g/mol. The number of carbonyl (C=O) groups is 1. The number of hydrogen-bond donors (Lipinski definition) is 1. The molecule has 0 aromatic carbocycles. The van der Waals surface area contributed by atoms with Gasteiger partial charge >= 0.3 is 0 Å². The van der Waals surface area contributed by atoms with Crippen molar-refractivity contribution >= 4 is 17.2 Å². The van der Waals surface area contributed by atoms with Crippen molar-refractivity contribution in [2.24, 2.45) is 5.73 Å². The van der Waals surface area contributed by atoms with Crippen LogP contribution >= 0.6 is 11.3 Å². The highest BCUT2D eigenvalue weighted by atomic mass is 32.1. The molecule has 84 valence electrons. The van der Waals surface area contributed by atoms with Gasteiger partial charge in [0.15, 0.2) is 0 Å². The lowest BCUT2D eigenvalue weighted by atomic mass is 10.2. The molecule has 0 aliphatic heterocycles. The zero-order chi connectivity index (χ0) is 11.4. The largest absolute Gasteiger partial charge is 0.340 e. The molecular formula is C10H17N3OS. The van der Waals surface area contributed by atoms with Crippen LogP contribution in [0.2, 0.25) is 0 Å². The maximum absolute atomic E-state index is 11.6. The molecule has 0 aliphatic rings. The van der Waals surface area contributed by atoms with Crippen LogP contribution in [0.5, 0.6) is 0 Å². The van der Waals surface area contributed by atoms with Crippen molar-refractivity contribution in [3.05, 3.63) is 16.1 Å². The van der Waals surface area contributed by atoms with E-state index >= 15 is 0 Å². The summed E-state index contributed by atoms with van der Waals surface area (Å²) in [5.74, 6) is 0.0654. The molecule has 5 heteroatoms. The van der Waals surface area contributed by atoms with Gasteiger partial charge in [-0.15, -0.1) is 11.3 Å². The molecule has 15 heavy (non-hydrogen) atoms. The summed E-state index contributed by atoms with van der Waals surface area (Å²) >= 11 is 1.60. The van der Waals surface area contributed by atoms with Crippen molar-refractivity contribution in [3.63, 3.8) is 0 Å². The van der Waals surface area contributed by atoms with Gasteiger partial charge in [-0.05, 0) is 13.8 Å². The van der Waals surface area contributed by atoms with E-state index in [9.17, 15) is 4.79 Å². The van der Waals surface area contributed by atoms with Crippen molar-refractivity contribution in [1.82, 2.24) is 9.88 Å². The molecular weight excluding hydrogens is 210 g/mol. The molecule has 1 rings (SSSR count). The van der Waals surface area contributed by atoms with E-state index < -0.39 is 0 Å². The summed E-state index contributed by atoms with van der Waals surface area (Å²) < 4.78 is 0. The molecule has 0 fully saturated rings. The summed E-state index contributed by atoms with van der Waals surface area (Å²) in [5, 5.41) is 3.00. The Hall–Kier alpha value is -0.940. The third-order valence-corrected chi connectivity index (χ3v) is 2.81. The van der Waals surface area contributed by atoms with Crippen LogP contribution in [0.15, 0.2) is 5.38 Å². The van der Waals surface area contributed by atoms with Crippen LogP contribution in [0, 0.1) is 6.92 Å². The van der Waals surface area contributed by atoms with Crippen LogP contribution in [0.4, 0.5) is 0 Å². The van der Waals surface area contributed by atoms with Gasteiger partial charge in [0.25, 0.3) is 0 Å². The van der Waals surface area contributed by atoms with Gasteiger partial charge in [-0.3, -0.25) is 4.79 Å². The summed E-state index contributed by atoms with van der Waals surface area (Å²) in [4.78, 5) is 17.6. The van der Waals surface area contributed by atoms with Crippen molar-refractivity contribution in [2.45, 2.75) is 32.9 Å². The van der Waals surface area contributed by atoms with Gasteiger partial charge in [0.05, 0.1) is 17.2 Å². The number of rotatable bonds is 4. The Labute approximate surface area is 94.1 Å². The number of thiazole rings is 1. The molecule has 0 saturated heterocycles. The maximum Gasteiger partial charge on any atom is 0.224 e. The minimum atomic E-state index is -0.0860. The van der Waals surface area contributed by atoms with E-state index in [1.54, 1.807) is 23.3 Å².